The Hall–Kier alpha value is -3.68. The minimum absolute atomic E-state index is 0.108. The van der Waals surface area contributed by atoms with Crippen LogP contribution in [0.2, 0.25) is 0 Å². The molecule has 4 rings (SSSR count). The molecule has 0 atom stereocenters. The number of nitrogens with zero attached hydrogens (tertiary/aromatic N) is 3. The van der Waals surface area contributed by atoms with E-state index in [1.807, 2.05) is 45.0 Å². The van der Waals surface area contributed by atoms with Crippen molar-refractivity contribution in [3.05, 3.63) is 96.2 Å². The van der Waals surface area contributed by atoms with Gasteiger partial charge in [-0.1, -0.05) is 60.7 Å². The zero-order chi connectivity index (χ0) is 25.4. The van der Waals surface area contributed by atoms with E-state index in [2.05, 4.69) is 58.5 Å². The Labute approximate surface area is 212 Å². The van der Waals surface area contributed by atoms with Gasteiger partial charge in [-0.2, -0.15) is 9.78 Å². The van der Waals surface area contributed by atoms with Crippen LogP contribution in [-0.4, -0.2) is 46.3 Å². The molecule has 1 aromatic heterocycles. The van der Waals surface area contributed by atoms with Crippen molar-refractivity contribution in [1.82, 2.24) is 14.7 Å². The summed E-state index contributed by atoms with van der Waals surface area (Å²) in [4.78, 5) is 14.8. The average molecular weight is 488 g/mol. The van der Waals surface area contributed by atoms with Gasteiger partial charge >= 0.3 is 6.09 Å². The Kier molecular flexibility index (Phi) is 8.36. The van der Waals surface area contributed by atoms with Crippen molar-refractivity contribution in [3.8, 4) is 5.75 Å². The highest BCUT2D eigenvalue weighted by Crippen LogP contribution is 2.22. The van der Waals surface area contributed by atoms with Crippen molar-refractivity contribution in [2.24, 2.45) is 0 Å². The van der Waals surface area contributed by atoms with E-state index in [1.165, 1.54) is 15.8 Å². The van der Waals surface area contributed by atoms with E-state index in [9.17, 15) is 4.79 Å². The monoisotopic (exact) mass is 487 g/mol. The predicted octanol–water partition coefficient (Wildman–Crippen LogP) is 5.87. The number of aromatic nitrogens is 2. The third kappa shape index (κ3) is 7.41. The maximum atomic E-state index is 12.5. The van der Waals surface area contributed by atoms with Gasteiger partial charge in [-0.3, -0.25) is 4.90 Å². The van der Waals surface area contributed by atoms with E-state index in [-0.39, 0.29) is 6.79 Å². The van der Waals surface area contributed by atoms with Crippen LogP contribution in [0.15, 0.2) is 85.1 Å². The number of fused-ring (bicyclic) bond motifs is 1. The quantitative estimate of drug-likeness (QED) is 0.206. The summed E-state index contributed by atoms with van der Waals surface area (Å²) in [5, 5.41) is 4.99. The molecule has 36 heavy (non-hydrogen) atoms. The third-order valence-electron chi connectivity index (χ3n) is 5.47. The van der Waals surface area contributed by atoms with E-state index in [0.717, 1.165) is 25.0 Å². The maximum absolute atomic E-state index is 12.5. The van der Waals surface area contributed by atoms with E-state index < -0.39 is 11.7 Å². The molecule has 0 saturated carbocycles. The first kappa shape index (κ1) is 25.4. The maximum Gasteiger partial charge on any atom is 0.435 e. The van der Waals surface area contributed by atoms with E-state index in [1.54, 1.807) is 12.3 Å². The molecule has 4 aromatic rings. The lowest BCUT2D eigenvalue weighted by molar-refractivity contribution is 0.00367. The molecule has 0 saturated heterocycles. The second-order valence-electron chi connectivity index (χ2n) is 9.61. The second kappa shape index (κ2) is 11.8. The fourth-order valence-corrected chi connectivity index (χ4v) is 3.80. The van der Waals surface area contributed by atoms with Crippen LogP contribution < -0.4 is 4.74 Å². The first-order valence-corrected chi connectivity index (χ1v) is 12.1. The number of carbonyl (C=O) groups excluding carboxylic acids is 1. The van der Waals surface area contributed by atoms with Crippen LogP contribution in [0, 0.1) is 0 Å². The molecule has 0 spiro atoms. The second-order valence-corrected chi connectivity index (χ2v) is 9.61. The highest BCUT2D eigenvalue weighted by molar-refractivity contribution is 5.88. The number of rotatable bonds is 10. The zero-order valence-electron chi connectivity index (χ0n) is 21.1. The lowest BCUT2D eigenvalue weighted by Crippen LogP contribution is -2.27. The predicted molar refractivity (Wildman–Crippen MR) is 140 cm³/mol. The summed E-state index contributed by atoms with van der Waals surface area (Å²) in [5.41, 5.74) is 2.55. The van der Waals surface area contributed by atoms with Crippen LogP contribution in [0.25, 0.3) is 10.9 Å². The van der Waals surface area contributed by atoms with Gasteiger partial charge in [0.05, 0.1) is 18.3 Å². The number of hydrogen-bond acceptors (Lipinski definition) is 6. The third-order valence-corrected chi connectivity index (χ3v) is 5.47. The van der Waals surface area contributed by atoms with Crippen molar-refractivity contribution < 1.29 is 19.0 Å². The highest BCUT2D eigenvalue weighted by atomic mass is 16.7. The molecule has 0 radical (unpaired) electrons. The molecule has 0 N–H and O–H groups in total. The highest BCUT2D eigenvalue weighted by Gasteiger charge is 2.20. The molecule has 188 valence electrons. The number of ether oxygens (including phenoxy) is 3. The number of carbonyl (C=O) groups is 1. The average Bonchev–Trinajstić information content (AvgIpc) is 3.27. The molecule has 0 fully saturated rings. The summed E-state index contributed by atoms with van der Waals surface area (Å²) in [6.07, 6.45) is 1.11. The summed E-state index contributed by atoms with van der Waals surface area (Å²) in [6, 6.07) is 26.3. The molecule has 0 unspecified atom stereocenters. The van der Waals surface area contributed by atoms with Crippen LogP contribution in [0.3, 0.4) is 0 Å². The van der Waals surface area contributed by atoms with Gasteiger partial charge in [-0.15, -0.1) is 0 Å². The Morgan fingerprint density at radius 1 is 0.917 bits per heavy atom. The fourth-order valence-electron chi connectivity index (χ4n) is 3.80. The van der Waals surface area contributed by atoms with Gasteiger partial charge in [0, 0.05) is 31.1 Å². The van der Waals surface area contributed by atoms with Crippen LogP contribution in [0.4, 0.5) is 4.79 Å². The minimum Gasteiger partial charge on any atom is -0.467 e. The molecule has 0 amide bonds. The van der Waals surface area contributed by atoms with Crippen molar-refractivity contribution in [3.63, 3.8) is 0 Å². The van der Waals surface area contributed by atoms with Gasteiger partial charge in [-0.25, -0.2) is 4.79 Å². The zero-order valence-corrected chi connectivity index (χ0v) is 21.1. The molecule has 0 aliphatic carbocycles. The SMILES string of the molecule is CC(C)(C)OC(=O)n1ncc2ccc(OCOCCN(Cc3ccccc3)Cc3ccccc3)cc21. The van der Waals surface area contributed by atoms with Crippen LogP contribution in [0.5, 0.6) is 5.75 Å². The smallest absolute Gasteiger partial charge is 0.435 e. The molecular weight excluding hydrogens is 454 g/mol. The van der Waals surface area contributed by atoms with Gasteiger partial charge in [0.1, 0.15) is 11.4 Å². The standard InChI is InChI=1S/C29H33N3O4/c1-29(2,3)36-28(33)32-27-18-26(15-14-25(27)19-30-32)35-22-34-17-16-31(20-23-10-6-4-7-11-23)21-24-12-8-5-9-13-24/h4-15,18-19H,16-17,20-22H2,1-3H3. The largest absolute Gasteiger partial charge is 0.467 e. The minimum atomic E-state index is -0.605. The summed E-state index contributed by atoms with van der Waals surface area (Å²) in [7, 11) is 0. The van der Waals surface area contributed by atoms with Crippen LogP contribution >= 0.6 is 0 Å². The lowest BCUT2D eigenvalue weighted by atomic mass is 10.1. The molecule has 7 heteroatoms. The molecule has 1 heterocycles. The van der Waals surface area contributed by atoms with Crippen molar-refractivity contribution in [1.29, 1.82) is 0 Å². The molecule has 0 bridgehead atoms. The Morgan fingerprint density at radius 3 is 2.17 bits per heavy atom. The van der Waals surface area contributed by atoms with E-state index in [4.69, 9.17) is 14.2 Å². The lowest BCUT2D eigenvalue weighted by Gasteiger charge is -2.22. The molecule has 7 nitrogen and oxygen atoms in total. The molecule has 3 aromatic carbocycles. The molecule has 0 aliphatic heterocycles. The Morgan fingerprint density at radius 2 is 1.56 bits per heavy atom. The van der Waals surface area contributed by atoms with Crippen LogP contribution in [-0.2, 0) is 22.6 Å². The van der Waals surface area contributed by atoms with Gasteiger partial charge in [0.25, 0.3) is 0 Å². The van der Waals surface area contributed by atoms with Gasteiger partial charge < -0.3 is 14.2 Å². The van der Waals surface area contributed by atoms with E-state index >= 15 is 0 Å². The van der Waals surface area contributed by atoms with Gasteiger partial charge in [0.2, 0.25) is 0 Å². The first-order valence-electron chi connectivity index (χ1n) is 12.1. The van der Waals surface area contributed by atoms with Crippen molar-refractivity contribution >= 4 is 17.0 Å². The summed E-state index contributed by atoms with van der Waals surface area (Å²) < 4.78 is 18.3. The molecule has 0 aliphatic rings. The van der Waals surface area contributed by atoms with Crippen molar-refractivity contribution in [2.45, 2.75) is 39.5 Å². The Balaban J connectivity index is 1.31. The van der Waals surface area contributed by atoms with Gasteiger partial charge in [-0.05, 0) is 44.0 Å². The first-order chi connectivity index (χ1) is 17.4. The summed E-state index contributed by atoms with van der Waals surface area (Å²) in [5.74, 6) is 0.596. The summed E-state index contributed by atoms with van der Waals surface area (Å²) in [6.45, 7) is 8.54. The van der Waals surface area contributed by atoms with Crippen LogP contribution in [0.1, 0.15) is 31.9 Å². The van der Waals surface area contributed by atoms with Crippen molar-refractivity contribution in [2.75, 3.05) is 19.9 Å². The number of benzene rings is 3. The normalized spacial score (nSPS) is 11.7. The topological polar surface area (TPSA) is 65.8 Å². The van der Waals surface area contributed by atoms with E-state index in [0.29, 0.717) is 17.9 Å². The number of hydrogen-bond donors (Lipinski definition) is 0. The van der Waals surface area contributed by atoms with Gasteiger partial charge in [0.15, 0.2) is 6.79 Å². The summed E-state index contributed by atoms with van der Waals surface area (Å²) >= 11 is 0. The Bertz CT molecular complexity index is 1210. The molecular formula is C29H33N3O4. The fraction of sp³-hybridized carbons (Fsp3) is 0.310.